The van der Waals surface area contributed by atoms with Crippen LogP contribution in [0.4, 0.5) is 13.2 Å². The van der Waals surface area contributed by atoms with Gasteiger partial charge in [0.05, 0.1) is 24.5 Å². The lowest BCUT2D eigenvalue weighted by atomic mass is 10.0. The molecule has 1 aromatic carbocycles. The molecule has 0 spiro atoms. The van der Waals surface area contributed by atoms with Gasteiger partial charge < -0.3 is 4.74 Å². The van der Waals surface area contributed by atoms with E-state index in [-0.39, 0.29) is 25.3 Å². The van der Waals surface area contributed by atoms with Gasteiger partial charge in [0.25, 0.3) is 0 Å². The predicted octanol–water partition coefficient (Wildman–Crippen LogP) is 2.04. The monoisotopic (exact) mass is 309 g/mol. The topological polar surface area (TPSA) is 46.6 Å². The quantitative estimate of drug-likeness (QED) is 0.840. The van der Waals surface area contributed by atoms with Crippen LogP contribution in [0.1, 0.15) is 17.2 Å². The van der Waals surface area contributed by atoms with Crippen molar-refractivity contribution < 1.29 is 26.3 Å². The van der Waals surface area contributed by atoms with Crippen molar-refractivity contribution in [1.29, 1.82) is 0 Å². The Morgan fingerprint density at radius 3 is 2.55 bits per heavy atom. The number of nitrogens with zero attached hydrogens (tertiary/aromatic N) is 1. The smallest absolute Gasteiger partial charge is 0.371 e. The summed E-state index contributed by atoms with van der Waals surface area (Å²) in [6, 6.07) is 5.06. The highest BCUT2D eigenvalue weighted by molar-refractivity contribution is 7.88. The van der Waals surface area contributed by atoms with Gasteiger partial charge in [-0.3, -0.25) is 0 Å². The zero-order valence-corrected chi connectivity index (χ0v) is 11.5. The van der Waals surface area contributed by atoms with Gasteiger partial charge in [0, 0.05) is 13.1 Å². The molecular formula is C12H14F3NO3S. The van der Waals surface area contributed by atoms with Crippen LogP contribution in [0.5, 0.6) is 0 Å². The molecule has 0 saturated carbocycles. The molecule has 0 amide bonds. The van der Waals surface area contributed by atoms with E-state index >= 15 is 0 Å². The van der Waals surface area contributed by atoms with Crippen molar-refractivity contribution in [3.8, 4) is 0 Å². The third-order valence-electron chi connectivity index (χ3n) is 3.11. The van der Waals surface area contributed by atoms with E-state index in [1.807, 2.05) is 0 Å². The van der Waals surface area contributed by atoms with Crippen LogP contribution in [0, 0.1) is 0 Å². The van der Waals surface area contributed by atoms with Gasteiger partial charge in [0.15, 0.2) is 0 Å². The summed E-state index contributed by atoms with van der Waals surface area (Å²) in [5, 5.41) is 0. The fourth-order valence-electron chi connectivity index (χ4n) is 2.15. The number of alkyl halides is 3. The molecule has 0 bridgehead atoms. The van der Waals surface area contributed by atoms with Crippen LogP contribution in [0.15, 0.2) is 24.3 Å². The summed E-state index contributed by atoms with van der Waals surface area (Å²) >= 11 is 0. The van der Waals surface area contributed by atoms with Gasteiger partial charge >= 0.3 is 6.18 Å². The van der Waals surface area contributed by atoms with Crippen molar-refractivity contribution in [2.45, 2.75) is 12.3 Å². The number of sulfonamides is 1. The summed E-state index contributed by atoms with van der Waals surface area (Å²) in [5.41, 5.74) is -0.825. The summed E-state index contributed by atoms with van der Waals surface area (Å²) in [7, 11) is -3.44. The van der Waals surface area contributed by atoms with E-state index in [0.29, 0.717) is 0 Å². The molecule has 1 heterocycles. The average Bonchev–Trinajstić information content (AvgIpc) is 2.37. The molecule has 112 valence electrons. The minimum absolute atomic E-state index is 0.0339. The maximum absolute atomic E-state index is 12.9. The highest BCUT2D eigenvalue weighted by atomic mass is 32.2. The number of halogens is 3. The number of hydrogen-bond acceptors (Lipinski definition) is 3. The maximum atomic E-state index is 12.9. The Balaban J connectivity index is 2.33. The Hall–Kier alpha value is -1.12. The zero-order chi connectivity index (χ0) is 15.0. The molecule has 2 rings (SSSR count). The van der Waals surface area contributed by atoms with Crippen molar-refractivity contribution in [1.82, 2.24) is 4.31 Å². The van der Waals surface area contributed by atoms with Gasteiger partial charge in [-0.25, -0.2) is 8.42 Å². The summed E-state index contributed by atoms with van der Waals surface area (Å²) in [6.45, 7) is 0.124. The molecule has 8 heteroatoms. The van der Waals surface area contributed by atoms with Crippen LogP contribution in [0.2, 0.25) is 0 Å². The molecule has 1 aliphatic heterocycles. The Labute approximate surface area is 115 Å². The average molecular weight is 309 g/mol. The lowest BCUT2D eigenvalue weighted by molar-refractivity contribution is -0.140. The summed E-state index contributed by atoms with van der Waals surface area (Å²) in [4.78, 5) is 0. The first-order valence-electron chi connectivity index (χ1n) is 5.92. The van der Waals surface area contributed by atoms with Crippen LogP contribution < -0.4 is 0 Å². The van der Waals surface area contributed by atoms with Crippen LogP contribution >= 0.6 is 0 Å². The van der Waals surface area contributed by atoms with Crippen LogP contribution in [0.25, 0.3) is 0 Å². The zero-order valence-electron chi connectivity index (χ0n) is 10.7. The van der Waals surface area contributed by atoms with Gasteiger partial charge in [-0.05, 0) is 11.6 Å². The van der Waals surface area contributed by atoms with E-state index in [0.717, 1.165) is 16.6 Å². The molecule has 1 aromatic rings. The Morgan fingerprint density at radius 2 is 1.95 bits per heavy atom. The van der Waals surface area contributed by atoms with Gasteiger partial charge in [-0.1, -0.05) is 18.2 Å². The van der Waals surface area contributed by atoms with Crippen molar-refractivity contribution in [3.63, 3.8) is 0 Å². The lowest BCUT2D eigenvalue weighted by Gasteiger charge is -2.32. The molecule has 0 aliphatic carbocycles. The number of ether oxygens (including phenoxy) is 1. The third kappa shape index (κ3) is 3.31. The molecule has 1 fully saturated rings. The second kappa shape index (κ2) is 5.34. The molecule has 1 aliphatic rings. The van der Waals surface area contributed by atoms with Crippen LogP contribution in [-0.4, -0.2) is 38.7 Å². The summed E-state index contributed by atoms with van der Waals surface area (Å²) in [6.07, 6.45) is -4.37. The van der Waals surface area contributed by atoms with E-state index in [9.17, 15) is 21.6 Å². The highest BCUT2D eigenvalue weighted by Gasteiger charge is 2.37. The van der Waals surface area contributed by atoms with Crippen LogP contribution in [0.3, 0.4) is 0 Å². The van der Waals surface area contributed by atoms with Gasteiger partial charge in [-0.2, -0.15) is 17.5 Å². The fraction of sp³-hybridized carbons (Fsp3) is 0.500. The van der Waals surface area contributed by atoms with E-state index in [2.05, 4.69) is 0 Å². The second-order valence-corrected chi connectivity index (χ2v) is 6.55. The second-order valence-electron chi connectivity index (χ2n) is 4.57. The van der Waals surface area contributed by atoms with E-state index < -0.39 is 27.9 Å². The summed E-state index contributed by atoms with van der Waals surface area (Å²) in [5.74, 6) is 0. The molecule has 20 heavy (non-hydrogen) atoms. The van der Waals surface area contributed by atoms with E-state index in [1.54, 1.807) is 0 Å². The standard InChI is InChI=1S/C12H14F3NO3S/c1-20(17,18)16-6-7-19-11(8-16)9-4-2-3-5-10(9)12(13,14)15/h2-5,11H,6-8H2,1H3. The molecule has 1 unspecified atom stereocenters. The molecular weight excluding hydrogens is 295 g/mol. The first-order valence-corrected chi connectivity index (χ1v) is 7.77. The molecule has 4 nitrogen and oxygen atoms in total. The molecule has 0 aromatic heterocycles. The first kappa shape index (κ1) is 15.3. The number of morpholine rings is 1. The highest BCUT2D eigenvalue weighted by Crippen LogP contribution is 2.36. The van der Waals surface area contributed by atoms with Gasteiger partial charge in [0.2, 0.25) is 10.0 Å². The fourth-order valence-corrected chi connectivity index (χ4v) is 2.96. The van der Waals surface area contributed by atoms with Crippen molar-refractivity contribution >= 4 is 10.0 Å². The summed E-state index contributed by atoms with van der Waals surface area (Å²) < 4.78 is 68.3. The molecule has 0 radical (unpaired) electrons. The first-order chi connectivity index (χ1) is 9.19. The Bertz CT molecular complexity index is 586. The Morgan fingerprint density at radius 1 is 1.30 bits per heavy atom. The van der Waals surface area contributed by atoms with Gasteiger partial charge in [-0.15, -0.1) is 0 Å². The minimum Gasteiger partial charge on any atom is -0.371 e. The predicted molar refractivity (Wildman–Crippen MR) is 66.6 cm³/mol. The van der Waals surface area contributed by atoms with Crippen molar-refractivity contribution in [3.05, 3.63) is 35.4 Å². The minimum atomic E-state index is -4.49. The van der Waals surface area contributed by atoms with E-state index in [4.69, 9.17) is 4.74 Å². The van der Waals surface area contributed by atoms with E-state index in [1.165, 1.54) is 18.2 Å². The molecule has 0 N–H and O–H groups in total. The van der Waals surface area contributed by atoms with Crippen LogP contribution in [-0.2, 0) is 20.9 Å². The van der Waals surface area contributed by atoms with Crippen molar-refractivity contribution in [2.24, 2.45) is 0 Å². The lowest BCUT2D eigenvalue weighted by Crippen LogP contribution is -2.42. The third-order valence-corrected chi connectivity index (χ3v) is 4.38. The molecule has 1 saturated heterocycles. The SMILES string of the molecule is CS(=O)(=O)N1CCOC(c2ccccc2C(F)(F)F)C1. The Kier molecular flexibility index (Phi) is 4.08. The normalized spacial score (nSPS) is 21.9. The number of rotatable bonds is 2. The maximum Gasteiger partial charge on any atom is 0.416 e. The largest absolute Gasteiger partial charge is 0.416 e. The van der Waals surface area contributed by atoms with Crippen molar-refractivity contribution in [2.75, 3.05) is 26.0 Å². The van der Waals surface area contributed by atoms with Gasteiger partial charge in [0.1, 0.15) is 0 Å². The molecule has 1 atom stereocenters. The number of benzene rings is 1. The number of hydrogen-bond donors (Lipinski definition) is 0.